The second-order valence-corrected chi connectivity index (χ2v) is 12.2. The number of carbonyl (C=O) groups excluding carboxylic acids is 1. The Kier molecular flexibility index (Phi) is 6.77. The van der Waals surface area contributed by atoms with Crippen LogP contribution in [0.5, 0.6) is 0 Å². The highest BCUT2D eigenvalue weighted by molar-refractivity contribution is 7.90. The van der Waals surface area contributed by atoms with Crippen LogP contribution in [0.3, 0.4) is 0 Å². The van der Waals surface area contributed by atoms with Gasteiger partial charge in [-0.15, -0.1) is 0 Å². The molecule has 14 heteroatoms. The average molecular weight is 598 g/mol. The maximum atomic E-state index is 14.4. The first kappa shape index (κ1) is 27.8. The Labute approximate surface area is 239 Å². The van der Waals surface area contributed by atoms with Gasteiger partial charge in [0.1, 0.15) is 5.52 Å². The van der Waals surface area contributed by atoms with Gasteiger partial charge < -0.3 is 15.1 Å². The van der Waals surface area contributed by atoms with E-state index >= 15 is 0 Å². The van der Waals surface area contributed by atoms with E-state index in [1.807, 2.05) is 0 Å². The second-order valence-electron chi connectivity index (χ2n) is 10.3. The lowest BCUT2D eigenvalue weighted by Gasteiger charge is -2.36. The molecule has 0 saturated carbocycles. The Balaban J connectivity index is 1.51. The van der Waals surface area contributed by atoms with Gasteiger partial charge in [-0.3, -0.25) is 9.88 Å². The van der Waals surface area contributed by atoms with E-state index in [1.165, 1.54) is 34.2 Å². The minimum atomic E-state index is -4.65. The molecule has 3 aromatic heterocycles. The highest BCUT2D eigenvalue weighted by atomic mass is 32.2. The van der Waals surface area contributed by atoms with Crippen LogP contribution < -0.4 is 15.1 Å². The van der Waals surface area contributed by atoms with E-state index in [9.17, 15) is 26.4 Å². The van der Waals surface area contributed by atoms with Crippen LogP contribution in [0.4, 0.5) is 35.0 Å². The third-order valence-corrected chi connectivity index (χ3v) is 8.33. The van der Waals surface area contributed by atoms with Gasteiger partial charge in [-0.1, -0.05) is 0 Å². The predicted octanol–water partition coefficient (Wildman–Crippen LogP) is 4.23. The van der Waals surface area contributed by atoms with E-state index in [4.69, 9.17) is 4.98 Å². The summed E-state index contributed by atoms with van der Waals surface area (Å²) in [6, 6.07) is 9.77. The van der Waals surface area contributed by atoms with Crippen LogP contribution >= 0.6 is 0 Å². The number of aromatic nitrogens is 3. The van der Waals surface area contributed by atoms with E-state index in [1.54, 1.807) is 36.3 Å². The summed E-state index contributed by atoms with van der Waals surface area (Å²) in [4.78, 5) is 31.2. The average Bonchev–Trinajstić information content (AvgIpc) is 2.97. The number of carbonyl (C=O) groups is 1. The number of fused-ring (bicyclic) bond motifs is 3. The first-order chi connectivity index (χ1) is 19.9. The number of amides is 2. The molecule has 218 valence electrons. The molecular formula is C28H26F3N7O3S. The molecule has 0 radical (unpaired) electrons. The van der Waals surface area contributed by atoms with E-state index < -0.39 is 27.6 Å². The van der Waals surface area contributed by atoms with Crippen molar-refractivity contribution < 1.29 is 26.4 Å². The number of nitrogens with zero attached hydrogens (tertiary/aromatic N) is 6. The molecule has 5 heterocycles. The number of nitrogens with one attached hydrogen (secondary N) is 1. The Morgan fingerprint density at radius 3 is 2.40 bits per heavy atom. The summed E-state index contributed by atoms with van der Waals surface area (Å²) in [6.07, 6.45) is -0.614. The first-order valence-electron chi connectivity index (χ1n) is 13.1. The van der Waals surface area contributed by atoms with Gasteiger partial charge in [0.2, 0.25) is 0 Å². The maximum Gasteiger partial charge on any atom is 0.418 e. The number of urea groups is 1. The van der Waals surface area contributed by atoms with Crippen molar-refractivity contribution in [2.24, 2.45) is 0 Å². The summed E-state index contributed by atoms with van der Waals surface area (Å²) in [5.41, 5.74) is 1.96. The number of pyridine rings is 3. The lowest BCUT2D eigenvalue weighted by atomic mass is 10.0. The fraction of sp³-hybridized carbons (Fsp3) is 0.286. The Morgan fingerprint density at radius 2 is 1.74 bits per heavy atom. The highest BCUT2D eigenvalue weighted by Gasteiger charge is 2.38. The van der Waals surface area contributed by atoms with Crippen molar-refractivity contribution in [3.63, 3.8) is 0 Å². The van der Waals surface area contributed by atoms with Gasteiger partial charge in [0.25, 0.3) is 0 Å². The minimum absolute atomic E-state index is 0.0536. The van der Waals surface area contributed by atoms with E-state index in [0.29, 0.717) is 59.7 Å². The van der Waals surface area contributed by atoms with Crippen molar-refractivity contribution in [1.29, 1.82) is 0 Å². The molecule has 0 bridgehead atoms. The molecule has 42 heavy (non-hydrogen) atoms. The van der Waals surface area contributed by atoms with Gasteiger partial charge >= 0.3 is 12.2 Å². The van der Waals surface area contributed by atoms with Crippen molar-refractivity contribution in [3.8, 4) is 11.3 Å². The summed E-state index contributed by atoms with van der Waals surface area (Å²) < 4.78 is 66.9. The number of halogens is 3. The molecule has 1 aromatic carbocycles. The van der Waals surface area contributed by atoms with E-state index in [2.05, 4.69) is 15.3 Å². The van der Waals surface area contributed by atoms with Crippen LogP contribution in [-0.4, -0.2) is 73.8 Å². The monoisotopic (exact) mass is 597 g/mol. The van der Waals surface area contributed by atoms with Crippen molar-refractivity contribution in [2.75, 3.05) is 49.3 Å². The van der Waals surface area contributed by atoms with Gasteiger partial charge in [0, 0.05) is 68.7 Å². The van der Waals surface area contributed by atoms with Crippen LogP contribution in [0.1, 0.15) is 11.1 Å². The molecular weight excluding hydrogens is 571 g/mol. The zero-order valence-corrected chi connectivity index (χ0v) is 23.5. The number of hydrogen-bond donors (Lipinski definition) is 1. The van der Waals surface area contributed by atoms with Crippen LogP contribution in [0.25, 0.3) is 22.3 Å². The maximum absolute atomic E-state index is 14.4. The molecule has 0 atom stereocenters. The number of piperazine rings is 1. The largest absolute Gasteiger partial charge is 0.418 e. The quantitative estimate of drug-likeness (QED) is 0.372. The summed E-state index contributed by atoms with van der Waals surface area (Å²) in [6.45, 7) is 2.19. The number of rotatable bonds is 4. The van der Waals surface area contributed by atoms with Crippen LogP contribution in [0, 0.1) is 0 Å². The lowest BCUT2D eigenvalue weighted by Crippen LogP contribution is -2.44. The second kappa shape index (κ2) is 10.2. The molecule has 1 fully saturated rings. The van der Waals surface area contributed by atoms with E-state index in [-0.39, 0.29) is 22.9 Å². The molecule has 0 spiro atoms. The van der Waals surface area contributed by atoms with Gasteiger partial charge in [-0.2, -0.15) is 13.2 Å². The topological polar surface area (TPSA) is 112 Å². The Morgan fingerprint density at radius 1 is 0.976 bits per heavy atom. The van der Waals surface area contributed by atoms with E-state index in [0.717, 1.165) is 12.3 Å². The smallest absolute Gasteiger partial charge is 0.368 e. The standard InChI is InChI=1S/C28H26F3N7O3S/c1-36-16-18-15-33-22-6-5-21(17-3-8-24(34-14-17)42(2,40)41)35-25(22)26(18)38(27(36)39)19-4-7-23(20(13-19)28(29,30)31)37-11-9-32-10-12-37/h3-8,13-15,32H,9-12,16H2,1-2H3. The number of sulfone groups is 1. The zero-order valence-electron chi connectivity index (χ0n) is 22.7. The molecule has 10 nitrogen and oxygen atoms in total. The van der Waals surface area contributed by atoms with Crippen LogP contribution in [0.2, 0.25) is 0 Å². The summed E-state index contributed by atoms with van der Waals surface area (Å²) >= 11 is 0. The highest BCUT2D eigenvalue weighted by Crippen LogP contribution is 2.44. The van der Waals surface area contributed by atoms with Crippen molar-refractivity contribution in [2.45, 2.75) is 17.7 Å². The predicted molar refractivity (Wildman–Crippen MR) is 151 cm³/mol. The zero-order chi connectivity index (χ0) is 29.8. The molecule has 2 aliphatic heterocycles. The summed E-state index contributed by atoms with van der Waals surface area (Å²) in [7, 11) is -1.93. The number of alkyl halides is 3. The summed E-state index contributed by atoms with van der Waals surface area (Å²) in [5.74, 6) is 0. The normalized spacial score (nSPS) is 16.2. The molecule has 1 saturated heterocycles. The molecule has 6 rings (SSSR count). The molecule has 0 unspecified atom stereocenters. The SMILES string of the molecule is CN1Cc2cnc3ccc(-c4ccc(S(C)(=O)=O)nc4)nc3c2N(c2ccc(N3CCNCC3)c(C(F)(F)F)c2)C1=O. The Bertz CT molecular complexity index is 1810. The molecule has 0 aliphatic carbocycles. The molecule has 2 aliphatic rings. The molecule has 1 N–H and O–H groups in total. The van der Waals surface area contributed by atoms with Gasteiger partial charge in [0.05, 0.1) is 34.7 Å². The fourth-order valence-corrected chi connectivity index (χ4v) is 5.83. The third kappa shape index (κ3) is 5.00. The summed E-state index contributed by atoms with van der Waals surface area (Å²) in [5, 5.41) is 3.06. The number of hydrogen-bond acceptors (Lipinski definition) is 8. The van der Waals surface area contributed by atoms with Gasteiger partial charge in [-0.25, -0.2) is 23.2 Å². The van der Waals surface area contributed by atoms with Crippen LogP contribution in [0.15, 0.2) is 59.9 Å². The third-order valence-electron chi connectivity index (χ3n) is 7.32. The lowest BCUT2D eigenvalue weighted by molar-refractivity contribution is -0.137. The van der Waals surface area contributed by atoms with Crippen molar-refractivity contribution >= 4 is 44.0 Å². The first-order valence-corrected chi connectivity index (χ1v) is 15.0. The Hall–Kier alpha value is -4.30. The number of anilines is 3. The van der Waals surface area contributed by atoms with Crippen molar-refractivity contribution in [3.05, 3.63) is 66.0 Å². The van der Waals surface area contributed by atoms with Gasteiger partial charge in [0.15, 0.2) is 14.9 Å². The van der Waals surface area contributed by atoms with Gasteiger partial charge in [-0.05, 0) is 42.5 Å². The minimum Gasteiger partial charge on any atom is -0.368 e. The van der Waals surface area contributed by atoms with Crippen molar-refractivity contribution in [1.82, 2.24) is 25.2 Å². The number of benzene rings is 1. The molecule has 4 aromatic rings. The molecule has 2 amide bonds. The van der Waals surface area contributed by atoms with Crippen LogP contribution in [-0.2, 0) is 22.6 Å². The fourth-order valence-electron chi connectivity index (χ4n) is 5.27.